The van der Waals surface area contributed by atoms with Gasteiger partial charge in [-0.3, -0.25) is 0 Å². The number of rotatable bonds is 8. The Balaban J connectivity index is 1.30. The van der Waals surface area contributed by atoms with Crippen LogP contribution in [0.3, 0.4) is 0 Å². The van der Waals surface area contributed by atoms with E-state index in [1.54, 1.807) is 0 Å². The lowest BCUT2D eigenvalue weighted by molar-refractivity contribution is 0.300. The van der Waals surface area contributed by atoms with E-state index in [-0.39, 0.29) is 0 Å². The van der Waals surface area contributed by atoms with E-state index >= 15 is 0 Å². The molecule has 3 rings (SSSR count). The fraction of sp³-hybridized carbons (Fsp3) is 0.739. The molecular formula is C23H38N2. The zero-order valence-corrected chi connectivity index (χ0v) is 16.2. The number of hydrogen-bond acceptors (Lipinski definition) is 2. The standard InChI is InChI=1S/C23H38N2/c1-19-7-9-22(10-8-19)18-25-23-13-11-20(12-14-23)15-16-24-17-21-5-3-2-4-6-21/h11-14,19,21-22,24-25H,2-10,15-18H2,1H3. The van der Waals surface area contributed by atoms with Gasteiger partial charge in [-0.2, -0.15) is 0 Å². The molecule has 1 aromatic rings. The molecule has 2 nitrogen and oxygen atoms in total. The molecule has 0 radical (unpaired) electrons. The van der Waals surface area contributed by atoms with E-state index in [1.165, 1.54) is 75.6 Å². The lowest BCUT2D eigenvalue weighted by atomic mass is 9.83. The highest BCUT2D eigenvalue weighted by Crippen LogP contribution is 2.28. The van der Waals surface area contributed by atoms with Crippen LogP contribution in [0.1, 0.15) is 70.3 Å². The average Bonchev–Trinajstić information content (AvgIpc) is 2.67. The van der Waals surface area contributed by atoms with E-state index in [4.69, 9.17) is 0 Å². The molecule has 0 aromatic heterocycles. The molecule has 0 spiro atoms. The van der Waals surface area contributed by atoms with Crippen molar-refractivity contribution in [1.82, 2.24) is 5.32 Å². The van der Waals surface area contributed by atoms with Crippen LogP contribution in [0.15, 0.2) is 24.3 Å². The molecule has 2 aliphatic rings. The maximum Gasteiger partial charge on any atom is 0.0340 e. The van der Waals surface area contributed by atoms with Crippen LogP contribution in [-0.2, 0) is 6.42 Å². The van der Waals surface area contributed by atoms with E-state index in [0.29, 0.717) is 0 Å². The van der Waals surface area contributed by atoms with Gasteiger partial charge in [-0.25, -0.2) is 0 Å². The van der Waals surface area contributed by atoms with Gasteiger partial charge in [0.05, 0.1) is 0 Å². The van der Waals surface area contributed by atoms with Gasteiger partial charge >= 0.3 is 0 Å². The van der Waals surface area contributed by atoms with Gasteiger partial charge in [-0.1, -0.05) is 51.2 Å². The van der Waals surface area contributed by atoms with Crippen LogP contribution in [0, 0.1) is 17.8 Å². The topological polar surface area (TPSA) is 24.1 Å². The summed E-state index contributed by atoms with van der Waals surface area (Å²) in [5.74, 6) is 2.75. The third-order valence-corrected chi connectivity index (χ3v) is 6.43. The lowest BCUT2D eigenvalue weighted by Crippen LogP contribution is -2.26. The maximum atomic E-state index is 3.67. The molecule has 1 aromatic carbocycles. The first-order chi connectivity index (χ1) is 12.3. The molecule has 0 heterocycles. The Morgan fingerprint density at radius 1 is 0.800 bits per heavy atom. The molecule has 0 bridgehead atoms. The largest absolute Gasteiger partial charge is 0.385 e. The third kappa shape index (κ3) is 6.66. The molecule has 0 atom stereocenters. The summed E-state index contributed by atoms with van der Waals surface area (Å²) >= 11 is 0. The van der Waals surface area contributed by atoms with Gasteiger partial charge in [0, 0.05) is 12.2 Å². The van der Waals surface area contributed by atoms with Crippen molar-refractivity contribution < 1.29 is 0 Å². The van der Waals surface area contributed by atoms with Crippen LogP contribution in [0.4, 0.5) is 5.69 Å². The fourth-order valence-corrected chi connectivity index (χ4v) is 4.51. The normalized spacial score (nSPS) is 25.0. The SMILES string of the molecule is CC1CCC(CNc2ccc(CCNCC3CCCCC3)cc2)CC1. The second kappa shape index (κ2) is 10.2. The summed E-state index contributed by atoms with van der Waals surface area (Å²) in [6, 6.07) is 9.13. The molecule has 2 heteroatoms. The summed E-state index contributed by atoms with van der Waals surface area (Å²) in [6.07, 6.45) is 14.0. The summed E-state index contributed by atoms with van der Waals surface area (Å²) in [4.78, 5) is 0. The van der Waals surface area contributed by atoms with Crippen LogP contribution < -0.4 is 10.6 Å². The van der Waals surface area contributed by atoms with Gasteiger partial charge in [0.1, 0.15) is 0 Å². The van der Waals surface area contributed by atoms with Crippen molar-refractivity contribution >= 4 is 5.69 Å². The first kappa shape index (κ1) is 18.8. The molecule has 25 heavy (non-hydrogen) atoms. The maximum absolute atomic E-state index is 3.67. The van der Waals surface area contributed by atoms with Crippen molar-refractivity contribution in [1.29, 1.82) is 0 Å². The Bertz CT molecular complexity index is 467. The first-order valence-electron chi connectivity index (χ1n) is 10.8. The summed E-state index contributed by atoms with van der Waals surface area (Å²) in [5, 5.41) is 7.33. The van der Waals surface area contributed by atoms with Gasteiger partial charge < -0.3 is 10.6 Å². The van der Waals surface area contributed by atoms with Crippen molar-refractivity contribution in [2.45, 2.75) is 71.1 Å². The molecule has 140 valence electrons. The number of anilines is 1. The Kier molecular flexibility index (Phi) is 7.66. The summed E-state index contributed by atoms with van der Waals surface area (Å²) in [6.45, 7) is 5.88. The number of hydrogen-bond donors (Lipinski definition) is 2. The predicted octanol–water partition coefficient (Wildman–Crippen LogP) is 5.64. The highest BCUT2D eigenvalue weighted by Gasteiger charge is 2.17. The van der Waals surface area contributed by atoms with Gasteiger partial charge in [0.15, 0.2) is 0 Å². The minimum absolute atomic E-state index is 0.875. The van der Waals surface area contributed by atoms with Crippen LogP contribution in [0.25, 0.3) is 0 Å². The molecule has 2 fully saturated rings. The van der Waals surface area contributed by atoms with Gasteiger partial charge in [-0.05, 0) is 80.6 Å². The van der Waals surface area contributed by atoms with Crippen molar-refractivity contribution in [3.8, 4) is 0 Å². The highest BCUT2D eigenvalue weighted by molar-refractivity contribution is 5.44. The molecule has 0 aliphatic heterocycles. The molecule has 0 saturated heterocycles. The van der Waals surface area contributed by atoms with Gasteiger partial charge in [-0.15, -0.1) is 0 Å². The minimum Gasteiger partial charge on any atom is -0.385 e. The monoisotopic (exact) mass is 342 g/mol. The fourth-order valence-electron chi connectivity index (χ4n) is 4.51. The van der Waals surface area contributed by atoms with Crippen molar-refractivity contribution in [2.75, 3.05) is 25.0 Å². The van der Waals surface area contributed by atoms with Crippen LogP contribution in [0.5, 0.6) is 0 Å². The number of benzene rings is 1. The summed E-state index contributed by atoms with van der Waals surface area (Å²) in [5.41, 5.74) is 2.74. The Morgan fingerprint density at radius 2 is 1.48 bits per heavy atom. The molecule has 2 saturated carbocycles. The first-order valence-corrected chi connectivity index (χ1v) is 10.8. The van der Waals surface area contributed by atoms with Crippen molar-refractivity contribution in [3.05, 3.63) is 29.8 Å². The predicted molar refractivity (Wildman–Crippen MR) is 109 cm³/mol. The lowest BCUT2D eigenvalue weighted by Gasteiger charge is -2.26. The summed E-state index contributed by atoms with van der Waals surface area (Å²) < 4.78 is 0. The Hall–Kier alpha value is -1.02. The van der Waals surface area contributed by atoms with E-state index in [2.05, 4.69) is 41.8 Å². The highest BCUT2D eigenvalue weighted by atomic mass is 14.9. The smallest absolute Gasteiger partial charge is 0.0340 e. The Labute approximate surface area is 155 Å². The van der Waals surface area contributed by atoms with Crippen LogP contribution in [0.2, 0.25) is 0 Å². The second-order valence-corrected chi connectivity index (χ2v) is 8.66. The molecule has 2 N–H and O–H groups in total. The zero-order valence-electron chi connectivity index (χ0n) is 16.2. The molecular weight excluding hydrogens is 304 g/mol. The van der Waals surface area contributed by atoms with Gasteiger partial charge in [0.2, 0.25) is 0 Å². The minimum atomic E-state index is 0.875. The van der Waals surface area contributed by atoms with Crippen molar-refractivity contribution in [3.63, 3.8) is 0 Å². The third-order valence-electron chi connectivity index (χ3n) is 6.43. The van der Waals surface area contributed by atoms with Crippen molar-refractivity contribution in [2.24, 2.45) is 17.8 Å². The number of nitrogens with one attached hydrogen (secondary N) is 2. The van der Waals surface area contributed by atoms with E-state index in [1.807, 2.05) is 0 Å². The van der Waals surface area contributed by atoms with Crippen LogP contribution >= 0.6 is 0 Å². The molecule has 0 unspecified atom stereocenters. The van der Waals surface area contributed by atoms with Gasteiger partial charge in [0.25, 0.3) is 0 Å². The van der Waals surface area contributed by atoms with Crippen LogP contribution in [-0.4, -0.2) is 19.6 Å². The van der Waals surface area contributed by atoms with E-state index in [9.17, 15) is 0 Å². The van der Waals surface area contributed by atoms with E-state index in [0.717, 1.165) is 37.3 Å². The Morgan fingerprint density at radius 3 is 2.20 bits per heavy atom. The average molecular weight is 343 g/mol. The van der Waals surface area contributed by atoms with E-state index < -0.39 is 0 Å². The second-order valence-electron chi connectivity index (χ2n) is 8.66. The summed E-state index contributed by atoms with van der Waals surface area (Å²) in [7, 11) is 0. The quantitative estimate of drug-likeness (QED) is 0.598. The molecule has 2 aliphatic carbocycles. The zero-order chi connectivity index (χ0) is 17.3. The molecule has 0 amide bonds.